The van der Waals surface area contributed by atoms with Crippen LogP contribution in [0.15, 0.2) is 18.3 Å². The van der Waals surface area contributed by atoms with E-state index in [4.69, 9.17) is 0 Å². The summed E-state index contributed by atoms with van der Waals surface area (Å²) in [7, 11) is -0.558. The van der Waals surface area contributed by atoms with Gasteiger partial charge in [-0.15, -0.1) is 0 Å². The van der Waals surface area contributed by atoms with Crippen LogP contribution in [-0.2, 0) is 10.2 Å². The van der Waals surface area contributed by atoms with Crippen molar-refractivity contribution in [2.75, 3.05) is 36.8 Å². The Morgan fingerprint density at radius 1 is 1.22 bits per heavy atom. The molecule has 0 fully saturated rings. The third kappa shape index (κ3) is 3.58. The van der Waals surface area contributed by atoms with Gasteiger partial charge in [-0.3, -0.25) is 4.72 Å². The average molecular weight is 272 g/mol. The van der Waals surface area contributed by atoms with E-state index in [0.29, 0.717) is 5.82 Å². The molecule has 7 heteroatoms. The normalized spacial score (nSPS) is 11.6. The van der Waals surface area contributed by atoms with Gasteiger partial charge in [-0.2, -0.15) is 12.7 Å². The summed E-state index contributed by atoms with van der Waals surface area (Å²) in [5, 5.41) is 0. The predicted octanol–water partition coefficient (Wildman–Crippen LogP) is 1.15. The summed E-state index contributed by atoms with van der Waals surface area (Å²) < 4.78 is 26.7. The van der Waals surface area contributed by atoms with Gasteiger partial charge >= 0.3 is 10.2 Å². The molecular formula is C11H20N4O2S. The van der Waals surface area contributed by atoms with Crippen molar-refractivity contribution in [3.8, 4) is 0 Å². The molecule has 18 heavy (non-hydrogen) atoms. The lowest BCUT2D eigenvalue weighted by atomic mass is 10.3. The highest BCUT2D eigenvalue weighted by Crippen LogP contribution is 2.15. The van der Waals surface area contributed by atoms with Crippen molar-refractivity contribution in [3.05, 3.63) is 18.3 Å². The molecule has 1 heterocycles. The van der Waals surface area contributed by atoms with Gasteiger partial charge in [0.15, 0.2) is 0 Å². The zero-order valence-corrected chi connectivity index (χ0v) is 12.0. The second-order valence-electron chi connectivity index (χ2n) is 3.96. The minimum atomic E-state index is -3.49. The third-order valence-electron chi connectivity index (χ3n) is 2.59. The van der Waals surface area contributed by atoms with E-state index >= 15 is 0 Å². The summed E-state index contributed by atoms with van der Waals surface area (Å²) in [6, 6.07) is 3.52. The molecule has 0 atom stereocenters. The second kappa shape index (κ2) is 6.01. The van der Waals surface area contributed by atoms with Crippen LogP contribution in [0.5, 0.6) is 0 Å². The maximum atomic E-state index is 11.6. The molecule has 0 saturated carbocycles. The summed E-state index contributed by atoms with van der Waals surface area (Å²) in [6.07, 6.45) is 1.67. The van der Waals surface area contributed by atoms with E-state index in [0.717, 1.165) is 23.1 Å². The number of nitrogens with zero attached hydrogens (tertiary/aromatic N) is 3. The highest BCUT2D eigenvalue weighted by molar-refractivity contribution is 7.90. The van der Waals surface area contributed by atoms with Crippen molar-refractivity contribution in [2.24, 2.45) is 0 Å². The molecule has 0 aromatic carbocycles. The first-order valence-corrected chi connectivity index (χ1v) is 7.26. The van der Waals surface area contributed by atoms with E-state index < -0.39 is 10.2 Å². The van der Waals surface area contributed by atoms with E-state index in [1.165, 1.54) is 14.1 Å². The van der Waals surface area contributed by atoms with Crippen molar-refractivity contribution >= 4 is 21.7 Å². The zero-order chi connectivity index (χ0) is 13.8. The number of rotatable bonds is 6. The Morgan fingerprint density at radius 2 is 1.83 bits per heavy atom. The number of hydrogen-bond donors (Lipinski definition) is 1. The molecule has 0 aliphatic carbocycles. The minimum absolute atomic E-state index is 0.319. The Morgan fingerprint density at radius 3 is 2.22 bits per heavy atom. The van der Waals surface area contributed by atoms with Crippen molar-refractivity contribution in [1.29, 1.82) is 0 Å². The Bertz CT molecular complexity index is 466. The van der Waals surface area contributed by atoms with Crippen molar-refractivity contribution < 1.29 is 8.42 Å². The lowest BCUT2D eigenvalue weighted by Crippen LogP contribution is -2.29. The smallest absolute Gasteiger partial charge is 0.302 e. The molecule has 0 unspecified atom stereocenters. The van der Waals surface area contributed by atoms with Gasteiger partial charge in [-0.05, 0) is 26.0 Å². The van der Waals surface area contributed by atoms with Crippen LogP contribution in [0, 0.1) is 0 Å². The maximum absolute atomic E-state index is 11.6. The molecule has 0 amide bonds. The molecule has 0 bridgehead atoms. The van der Waals surface area contributed by atoms with E-state index in [1.807, 2.05) is 6.07 Å². The number of pyridine rings is 1. The van der Waals surface area contributed by atoms with Gasteiger partial charge in [-0.25, -0.2) is 4.98 Å². The summed E-state index contributed by atoms with van der Waals surface area (Å²) in [5.74, 6) is 0.319. The molecule has 1 aromatic rings. The average Bonchev–Trinajstić information content (AvgIpc) is 2.32. The summed E-state index contributed by atoms with van der Waals surface area (Å²) in [4.78, 5) is 6.24. The fraction of sp³-hybridized carbons (Fsp3) is 0.545. The van der Waals surface area contributed by atoms with E-state index in [9.17, 15) is 8.42 Å². The number of anilines is 2. The first-order valence-electron chi connectivity index (χ1n) is 5.82. The highest BCUT2D eigenvalue weighted by Gasteiger charge is 2.13. The molecule has 1 aromatic heterocycles. The quantitative estimate of drug-likeness (QED) is 0.843. The summed E-state index contributed by atoms with van der Waals surface area (Å²) in [6.45, 7) is 5.90. The van der Waals surface area contributed by atoms with Gasteiger partial charge in [0.05, 0.1) is 11.9 Å². The Labute approximate surface area is 109 Å². The largest absolute Gasteiger partial charge is 0.371 e. The molecule has 102 valence electrons. The van der Waals surface area contributed by atoms with E-state index in [1.54, 1.807) is 12.3 Å². The molecule has 1 N–H and O–H groups in total. The summed E-state index contributed by atoms with van der Waals surface area (Å²) >= 11 is 0. The third-order valence-corrected chi connectivity index (χ3v) is 4.02. The van der Waals surface area contributed by atoms with Crippen LogP contribution in [0.4, 0.5) is 11.5 Å². The first kappa shape index (κ1) is 14.7. The van der Waals surface area contributed by atoms with Crippen LogP contribution in [0.2, 0.25) is 0 Å². The number of hydrogen-bond acceptors (Lipinski definition) is 4. The lowest BCUT2D eigenvalue weighted by Gasteiger charge is -2.20. The van der Waals surface area contributed by atoms with E-state index in [2.05, 4.69) is 28.5 Å². The van der Waals surface area contributed by atoms with Gasteiger partial charge in [0, 0.05) is 27.2 Å². The van der Waals surface area contributed by atoms with Crippen LogP contribution in [0.25, 0.3) is 0 Å². The van der Waals surface area contributed by atoms with Crippen LogP contribution in [0.1, 0.15) is 13.8 Å². The second-order valence-corrected chi connectivity index (χ2v) is 5.85. The molecule has 0 aliphatic rings. The number of aromatic nitrogens is 1. The fourth-order valence-electron chi connectivity index (χ4n) is 1.45. The van der Waals surface area contributed by atoms with Crippen molar-refractivity contribution in [1.82, 2.24) is 9.29 Å². The molecule has 0 radical (unpaired) electrons. The molecule has 0 spiro atoms. The monoisotopic (exact) mass is 272 g/mol. The molecular weight excluding hydrogens is 252 g/mol. The van der Waals surface area contributed by atoms with Crippen LogP contribution in [0.3, 0.4) is 0 Å². The maximum Gasteiger partial charge on any atom is 0.302 e. The Balaban J connectivity index is 2.84. The summed E-state index contributed by atoms with van der Waals surface area (Å²) in [5.41, 5.74) is 0.979. The molecule has 0 saturated heterocycles. The van der Waals surface area contributed by atoms with Gasteiger partial charge in [0.1, 0.15) is 5.82 Å². The molecule has 6 nitrogen and oxygen atoms in total. The van der Waals surface area contributed by atoms with Crippen LogP contribution < -0.4 is 9.62 Å². The Kier molecular flexibility index (Phi) is 4.92. The Hall–Kier alpha value is -1.34. The van der Waals surface area contributed by atoms with Crippen LogP contribution >= 0.6 is 0 Å². The van der Waals surface area contributed by atoms with Gasteiger partial charge in [0.25, 0.3) is 0 Å². The predicted molar refractivity (Wildman–Crippen MR) is 74.0 cm³/mol. The van der Waals surface area contributed by atoms with Gasteiger partial charge in [-0.1, -0.05) is 0 Å². The molecule has 0 aliphatic heterocycles. The SMILES string of the molecule is CCN(CC)c1ccc(NS(=O)(=O)N(C)C)nc1. The van der Waals surface area contributed by atoms with Gasteiger partial charge < -0.3 is 4.90 Å². The van der Waals surface area contributed by atoms with E-state index in [-0.39, 0.29) is 0 Å². The topological polar surface area (TPSA) is 65.5 Å². The first-order chi connectivity index (χ1) is 8.40. The highest BCUT2D eigenvalue weighted by atomic mass is 32.2. The standard InChI is InChI=1S/C11H20N4O2S/c1-5-15(6-2)10-7-8-11(12-9-10)13-18(16,17)14(3)4/h7-9H,5-6H2,1-4H3,(H,12,13). The van der Waals surface area contributed by atoms with Gasteiger partial charge in [0.2, 0.25) is 0 Å². The zero-order valence-electron chi connectivity index (χ0n) is 11.2. The van der Waals surface area contributed by atoms with Crippen molar-refractivity contribution in [2.45, 2.75) is 13.8 Å². The fourth-order valence-corrected chi connectivity index (χ4v) is 2.01. The number of nitrogens with one attached hydrogen (secondary N) is 1. The lowest BCUT2D eigenvalue weighted by molar-refractivity contribution is 0.526. The minimum Gasteiger partial charge on any atom is -0.371 e. The molecule has 1 rings (SSSR count). The van der Waals surface area contributed by atoms with Crippen LogP contribution in [-0.4, -0.2) is 44.9 Å². The van der Waals surface area contributed by atoms with Crippen molar-refractivity contribution in [3.63, 3.8) is 0 Å².